The van der Waals surface area contributed by atoms with Gasteiger partial charge in [-0.3, -0.25) is 4.79 Å². The molecule has 0 spiro atoms. The van der Waals surface area contributed by atoms with Crippen LogP contribution >= 0.6 is 11.3 Å². The SMILES string of the molecule is CCc1cnc(N2CCC(=O)CC2)s1. The summed E-state index contributed by atoms with van der Waals surface area (Å²) in [5.41, 5.74) is 0. The number of carbonyl (C=O) groups is 1. The predicted octanol–water partition coefficient (Wildman–Crippen LogP) is 1.87. The number of aromatic nitrogens is 1. The minimum Gasteiger partial charge on any atom is -0.347 e. The van der Waals surface area contributed by atoms with Crippen LogP contribution in [0.2, 0.25) is 0 Å². The summed E-state index contributed by atoms with van der Waals surface area (Å²) in [6.45, 7) is 3.82. The second kappa shape index (κ2) is 4.09. The van der Waals surface area contributed by atoms with E-state index in [1.807, 2.05) is 6.20 Å². The molecular formula is C10H14N2OS. The van der Waals surface area contributed by atoms with Gasteiger partial charge in [0.05, 0.1) is 0 Å². The Morgan fingerprint density at radius 3 is 2.79 bits per heavy atom. The zero-order valence-corrected chi connectivity index (χ0v) is 9.14. The van der Waals surface area contributed by atoms with E-state index < -0.39 is 0 Å². The van der Waals surface area contributed by atoms with Crippen LogP contribution in [0.15, 0.2) is 6.20 Å². The van der Waals surface area contributed by atoms with E-state index in [0.717, 1.165) is 24.6 Å². The van der Waals surface area contributed by atoms with Crippen molar-refractivity contribution in [2.24, 2.45) is 0 Å². The summed E-state index contributed by atoms with van der Waals surface area (Å²) in [6.07, 6.45) is 4.35. The minimum absolute atomic E-state index is 0.383. The molecule has 1 aliphatic rings. The van der Waals surface area contributed by atoms with Crippen LogP contribution in [0.4, 0.5) is 5.13 Å². The fourth-order valence-electron chi connectivity index (χ4n) is 1.55. The van der Waals surface area contributed by atoms with E-state index in [-0.39, 0.29) is 0 Å². The highest BCUT2D eigenvalue weighted by molar-refractivity contribution is 7.15. The third-order valence-electron chi connectivity index (χ3n) is 2.48. The number of nitrogens with zero attached hydrogens (tertiary/aromatic N) is 2. The molecule has 0 aliphatic carbocycles. The zero-order valence-electron chi connectivity index (χ0n) is 8.32. The third kappa shape index (κ3) is 1.95. The molecule has 0 aromatic carbocycles. The molecule has 0 N–H and O–H groups in total. The van der Waals surface area contributed by atoms with Gasteiger partial charge in [-0.2, -0.15) is 0 Å². The number of ketones is 1. The Hall–Kier alpha value is -0.900. The predicted molar refractivity (Wildman–Crippen MR) is 57.9 cm³/mol. The van der Waals surface area contributed by atoms with Crippen LogP contribution in [0.25, 0.3) is 0 Å². The van der Waals surface area contributed by atoms with Gasteiger partial charge in [-0.1, -0.05) is 6.92 Å². The quantitative estimate of drug-likeness (QED) is 0.747. The molecule has 0 atom stereocenters. The van der Waals surface area contributed by atoms with Crippen LogP contribution < -0.4 is 4.90 Å². The van der Waals surface area contributed by atoms with Crippen LogP contribution in [0.1, 0.15) is 24.6 Å². The molecule has 0 unspecified atom stereocenters. The number of piperidine rings is 1. The van der Waals surface area contributed by atoms with Crippen molar-refractivity contribution in [3.63, 3.8) is 0 Å². The van der Waals surface area contributed by atoms with E-state index in [9.17, 15) is 4.79 Å². The first-order chi connectivity index (χ1) is 6.79. The fourth-order valence-corrected chi connectivity index (χ4v) is 2.46. The van der Waals surface area contributed by atoms with Gasteiger partial charge in [-0.05, 0) is 6.42 Å². The van der Waals surface area contributed by atoms with Crippen molar-refractivity contribution in [3.05, 3.63) is 11.1 Å². The molecule has 1 aliphatic heterocycles. The summed E-state index contributed by atoms with van der Waals surface area (Å²) < 4.78 is 0. The molecule has 0 radical (unpaired) electrons. The standard InChI is InChI=1S/C10H14N2OS/c1-2-9-7-11-10(14-9)12-5-3-8(13)4-6-12/h7H,2-6H2,1H3. The maximum Gasteiger partial charge on any atom is 0.185 e. The van der Waals surface area contributed by atoms with E-state index >= 15 is 0 Å². The molecular weight excluding hydrogens is 196 g/mol. The smallest absolute Gasteiger partial charge is 0.185 e. The lowest BCUT2D eigenvalue weighted by Gasteiger charge is -2.25. The summed E-state index contributed by atoms with van der Waals surface area (Å²) >= 11 is 1.74. The van der Waals surface area contributed by atoms with Gasteiger partial charge in [0.2, 0.25) is 0 Å². The molecule has 0 saturated carbocycles. The number of anilines is 1. The van der Waals surface area contributed by atoms with Gasteiger partial charge >= 0.3 is 0 Å². The Kier molecular flexibility index (Phi) is 2.82. The molecule has 0 amide bonds. The molecule has 2 heterocycles. The van der Waals surface area contributed by atoms with Crippen molar-refractivity contribution in [1.29, 1.82) is 0 Å². The van der Waals surface area contributed by atoms with Gasteiger partial charge in [0.15, 0.2) is 5.13 Å². The van der Waals surface area contributed by atoms with Gasteiger partial charge in [0, 0.05) is 37.0 Å². The number of aryl methyl sites for hydroxylation is 1. The summed E-state index contributed by atoms with van der Waals surface area (Å²) in [6, 6.07) is 0. The average molecular weight is 210 g/mol. The highest BCUT2D eigenvalue weighted by Gasteiger charge is 2.18. The Morgan fingerprint density at radius 1 is 1.50 bits per heavy atom. The fraction of sp³-hybridized carbons (Fsp3) is 0.600. The van der Waals surface area contributed by atoms with Crippen LogP contribution in [0.3, 0.4) is 0 Å². The number of rotatable bonds is 2. The molecule has 1 aromatic heterocycles. The van der Waals surface area contributed by atoms with Crippen molar-refractivity contribution < 1.29 is 4.79 Å². The Morgan fingerprint density at radius 2 is 2.21 bits per heavy atom. The van der Waals surface area contributed by atoms with Crippen molar-refractivity contribution in [2.75, 3.05) is 18.0 Å². The van der Waals surface area contributed by atoms with E-state index in [1.54, 1.807) is 11.3 Å². The third-order valence-corrected chi connectivity index (χ3v) is 3.68. The Balaban J connectivity index is 2.04. The molecule has 1 saturated heterocycles. The van der Waals surface area contributed by atoms with Gasteiger partial charge in [-0.25, -0.2) is 4.98 Å². The van der Waals surface area contributed by atoms with E-state index in [4.69, 9.17) is 0 Å². The van der Waals surface area contributed by atoms with Crippen molar-refractivity contribution >= 4 is 22.3 Å². The average Bonchev–Trinajstić information content (AvgIpc) is 2.67. The van der Waals surface area contributed by atoms with Crippen molar-refractivity contribution in [3.8, 4) is 0 Å². The lowest BCUT2D eigenvalue weighted by Crippen LogP contribution is -2.33. The first kappa shape index (κ1) is 9.65. The molecule has 1 fully saturated rings. The molecule has 3 nitrogen and oxygen atoms in total. The Bertz CT molecular complexity index is 325. The molecule has 0 bridgehead atoms. The molecule has 14 heavy (non-hydrogen) atoms. The number of hydrogen-bond donors (Lipinski definition) is 0. The van der Waals surface area contributed by atoms with Gasteiger partial charge in [-0.15, -0.1) is 11.3 Å². The van der Waals surface area contributed by atoms with Crippen molar-refractivity contribution in [2.45, 2.75) is 26.2 Å². The molecule has 76 valence electrons. The maximum absolute atomic E-state index is 11.1. The second-order valence-corrected chi connectivity index (χ2v) is 4.58. The summed E-state index contributed by atoms with van der Waals surface area (Å²) in [4.78, 5) is 19.0. The first-order valence-electron chi connectivity index (χ1n) is 5.01. The number of hydrogen-bond acceptors (Lipinski definition) is 4. The summed E-state index contributed by atoms with van der Waals surface area (Å²) in [5, 5.41) is 1.08. The largest absolute Gasteiger partial charge is 0.347 e. The lowest BCUT2D eigenvalue weighted by atomic mass is 10.1. The summed E-state index contributed by atoms with van der Waals surface area (Å²) in [5.74, 6) is 0.383. The minimum atomic E-state index is 0.383. The normalized spacial score (nSPS) is 17.5. The number of Topliss-reactive ketones (excluding diaryl/α,β-unsaturated/α-hetero) is 1. The van der Waals surface area contributed by atoms with Crippen LogP contribution in [0, 0.1) is 0 Å². The Labute approximate surface area is 87.8 Å². The zero-order chi connectivity index (χ0) is 9.97. The van der Waals surface area contributed by atoms with Gasteiger partial charge in [0.25, 0.3) is 0 Å². The monoisotopic (exact) mass is 210 g/mol. The highest BCUT2D eigenvalue weighted by atomic mass is 32.1. The van der Waals surface area contributed by atoms with E-state index in [1.165, 1.54) is 4.88 Å². The summed E-state index contributed by atoms with van der Waals surface area (Å²) in [7, 11) is 0. The first-order valence-corrected chi connectivity index (χ1v) is 5.82. The number of carbonyl (C=O) groups excluding carboxylic acids is 1. The molecule has 1 aromatic rings. The van der Waals surface area contributed by atoms with E-state index in [2.05, 4.69) is 16.8 Å². The molecule has 2 rings (SSSR count). The van der Waals surface area contributed by atoms with Crippen LogP contribution in [-0.4, -0.2) is 23.9 Å². The molecule has 4 heteroatoms. The maximum atomic E-state index is 11.1. The van der Waals surface area contributed by atoms with Crippen molar-refractivity contribution in [1.82, 2.24) is 4.98 Å². The second-order valence-electron chi connectivity index (χ2n) is 3.49. The number of thiazole rings is 1. The topological polar surface area (TPSA) is 33.2 Å². The lowest BCUT2D eigenvalue weighted by molar-refractivity contribution is -0.119. The van der Waals surface area contributed by atoms with Gasteiger partial charge in [0.1, 0.15) is 5.78 Å². The van der Waals surface area contributed by atoms with Crippen LogP contribution in [-0.2, 0) is 11.2 Å². The highest BCUT2D eigenvalue weighted by Crippen LogP contribution is 2.24. The van der Waals surface area contributed by atoms with E-state index in [0.29, 0.717) is 18.6 Å². The van der Waals surface area contributed by atoms with Gasteiger partial charge < -0.3 is 4.90 Å². The van der Waals surface area contributed by atoms with Crippen LogP contribution in [0.5, 0.6) is 0 Å².